The zero-order valence-corrected chi connectivity index (χ0v) is 16.1. The van der Waals surface area contributed by atoms with Crippen LogP contribution in [0.2, 0.25) is 0 Å². The van der Waals surface area contributed by atoms with E-state index in [4.69, 9.17) is 14.1 Å². The number of aliphatic imine (C=N–C) groups is 1. The number of ether oxygens (including phenoxy) is 1. The predicted molar refractivity (Wildman–Crippen MR) is 101 cm³/mol. The molecule has 0 bridgehead atoms. The quantitative estimate of drug-likeness (QED) is 0.445. The molecule has 3 rings (SSSR count). The Kier molecular flexibility index (Phi) is 7.64. The monoisotopic (exact) mass is 434 g/mol. The summed E-state index contributed by atoms with van der Waals surface area (Å²) in [5.74, 6) is 1.90. The molecule has 1 unspecified atom stereocenters. The number of nitrogens with zero attached hydrogens (tertiary/aromatic N) is 3. The van der Waals surface area contributed by atoms with Crippen LogP contribution in [0.3, 0.4) is 0 Å². The molecule has 1 aromatic rings. The van der Waals surface area contributed by atoms with Gasteiger partial charge >= 0.3 is 0 Å². The van der Waals surface area contributed by atoms with Gasteiger partial charge in [0.25, 0.3) is 0 Å². The van der Waals surface area contributed by atoms with Crippen molar-refractivity contribution in [2.24, 2.45) is 4.99 Å². The van der Waals surface area contributed by atoms with Crippen LogP contribution in [0.15, 0.2) is 27.8 Å². The summed E-state index contributed by atoms with van der Waals surface area (Å²) < 4.78 is 10.8. The molecule has 0 amide bonds. The highest BCUT2D eigenvalue weighted by Gasteiger charge is 2.30. The number of nitrogens with one attached hydrogen (secondary N) is 1. The molecule has 0 aromatic carbocycles. The molecule has 2 fully saturated rings. The van der Waals surface area contributed by atoms with Gasteiger partial charge in [-0.25, -0.2) is 4.99 Å². The van der Waals surface area contributed by atoms with E-state index < -0.39 is 0 Å². The van der Waals surface area contributed by atoms with E-state index in [1.54, 1.807) is 6.26 Å². The highest BCUT2D eigenvalue weighted by atomic mass is 127. The maximum absolute atomic E-state index is 5.45. The fourth-order valence-electron chi connectivity index (χ4n) is 3.16. The van der Waals surface area contributed by atoms with Crippen molar-refractivity contribution in [2.75, 3.05) is 45.9 Å². The average Bonchev–Trinajstić information content (AvgIpc) is 3.24. The van der Waals surface area contributed by atoms with Gasteiger partial charge in [-0.2, -0.15) is 0 Å². The Morgan fingerprint density at radius 1 is 1.35 bits per heavy atom. The largest absolute Gasteiger partial charge is 0.467 e. The minimum absolute atomic E-state index is 0. The first kappa shape index (κ1) is 18.5. The Bertz CT molecular complexity index is 474. The highest BCUT2D eigenvalue weighted by Crippen LogP contribution is 2.17. The third-order valence-corrected chi connectivity index (χ3v) is 4.32. The summed E-state index contributed by atoms with van der Waals surface area (Å²) >= 11 is 0. The number of morpholine rings is 1. The lowest BCUT2D eigenvalue weighted by molar-refractivity contribution is 0.0195. The standard InChI is InChI=1S/C16H26N4O2.HI/c1-2-17-16(18-12-15-4-3-9-22-15)20-6-5-14(13-20)19-7-10-21-11-8-19;/h3-4,9,14H,2,5-8,10-13H2,1H3,(H,17,18);1H. The van der Waals surface area contributed by atoms with E-state index >= 15 is 0 Å². The number of hydrogen-bond acceptors (Lipinski definition) is 4. The number of guanidine groups is 1. The number of rotatable bonds is 4. The van der Waals surface area contributed by atoms with E-state index in [9.17, 15) is 0 Å². The molecule has 7 heteroatoms. The zero-order chi connectivity index (χ0) is 15.2. The van der Waals surface area contributed by atoms with Gasteiger partial charge in [-0.15, -0.1) is 24.0 Å². The molecule has 23 heavy (non-hydrogen) atoms. The molecule has 2 aliphatic rings. The second-order valence-corrected chi connectivity index (χ2v) is 5.79. The fourth-order valence-corrected chi connectivity index (χ4v) is 3.16. The first-order valence-electron chi connectivity index (χ1n) is 8.24. The molecular formula is C16H27IN4O2. The lowest BCUT2D eigenvalue weighted by Crippen LogP contribution is -2.46. The third kappa shape index (κ3) is 5.09. The van der Waals surface area contributed by atoms with Crippen molar-refractivity contribution in [3.05, 3.63) is 24.2 Å². The lowest BCUT2D eigenvalue weighted by atomic mass is 10.2. The van der Waals surface area contributed by atoms with Gasteiger partial charge in [0.05, 0.1) is 19.5 Å². The number of furan rings is 1. The first-order chi connectivity index (χ1) is 10.9. The van der Waals surface area contributed by atoms with Crippen LogP contribution in [0.4, 0.5) is 0 Å². The molecule has 1 aromatic heterocycles. The van der Waals surface area contributed by atoms with Gasteiger partial charge in [0.2, 0.25) is 0 Å². The van der Waals surface area contributed by atoms with Gasteiger partial charge in [0, 0.05) is 38.8 Å². The van der Waals surface area contributed by atoms with Crippen molar-refractivity contribution in [3.8, 4) is 0 Å². The molecule has 0 spiro atoms. The first-order valence-corrected chi connectivity index (χ1v) is 8.24. The second kappa shape index (κ2) is 9.48. The van der Waals surface area contributed by atoms with Crippen molar-refractivity contribution in [1.29, 1.82) is 0 Å². The average molecular weight is 434 g/mol. The number of halogens is 1. The maximum Gasteiger partial charge on any atom is 0.194 e. The highest BCUT2D eigenvalue weighted by molar-refractivity contribution is 14.0. The van der Waals surface area contributed by atoms with Crippen molar-refractivity contribution in [2.45, 2.75) is 25.9 Å². The SMILES string of the molecule is CCNC(=NCc1ccco1)N1CCC(N2CCOCC2)C1.I. The summed E-state index contributed by atoms with van der Waals surface area (Å²) in [6.45, 7) is 9.53. The molecule has 2 aliphatic heterocycles. The van der Waals surface area contributed by atoms with Crippen molar-refractivity contribution < 1.29 is 9.15 Å². The molecule has 0 radical (unpaired) electrons. The Hall–Kier alpha value is -0.800. The van der Waals surface area contributed by atoms with Crippen LogP contribution in [0.5, 0.6) is 0 Å². The minimum atomic E-state index is 0. The summed E-state index contributed by atoms with van der Waals surface area (Å²) in [5, 5.41) is 3.40. The lowest BCUT2D eigenvalue weighted by Gasteiger charge is -2.32. The minimum Gasteiger partial charge on any atom is -0.467 e. The molecule has 3 heterocycles. The van der Waals surface area contributed by atoms with E-state index in [1.807, 2.05) is 12.1 Å². The summed E-state index contributed by atoms with van der Waals surface area (Å²) in [4.78, 5) is 9.63. The second-order valence-electron chi connectivity index (χ2n) is 5.79. The molecule has 1 atom stereocenters. The molecular weight excluding hydrogens is 407 g/mol. The Morgan fingerprint density at radius 3 is 2.87 bits per heavy atom. The van der Waals surface area contributed by atoms with E-state index in [-0.39, 0.29) is 24.0 Å². The van der Waals surface area contributed by atoms with Crippen LogP contribution < -0.4 is 5.32 Å². The van der Waals surface area contributed by atoms with E-state index in [0.717, 1.165) is 57.7 Å². The van der Waals surface area contributed by atoms with Crippen molar-refractivity contribution >= 4 is 29.9 Å². The van der Waals surface area contributed by atoms with Crippen LogP contribution >= 0.6 is 24.0 Å². The van der Waals surface area contributed by atoms with E-state index in [0.29, 0.717) is 12.6 Å². The van der Waals surface area contributed by atoms with Gasteiger partial charge in [0.1, 0.15) is 12.3 Å². The van der Waals surface area contributed by atoms with E-state index in [1.165, 1.54) is 6.42 Å². The van der Waals surface area contributed by atoms with Crippen LogP contribution in [-0.4, -0.2) is 67.7 Å². The maximum atomic E-state index is 5.45. The van der Waals surface area contributed by atoms with Gasteiger partial charge in [-0.05, 0) is 25.5 Å². The van der Waals surface area contributed by atoms with Crippen molar-refractivity contribution in [3.63, 3.8) is 0 Å². The summed E-state index contributed by atoms with van der Waals surface area (Å²) in [6.07, 6.45) is 2.90. The van der Waals surface area contributed by atoms with E-state index in [2.05, 4.69) is 22.0 Å². The Morgan fingerprint density at radius 2 is 2.17 bits per heavy atom. The van der Waals surface area contributed by atoms with Crippen molar-refractivity contribution in [1.82, 2.24) is 15.1 Å². The van der Waals surface area contributed by atoms with Gasteiger partial charge < -0.3 is 19.4 Å². The smallest absolute Gasteiger partial charge is 0.194 e. The normalized spacial score (nSPS) is 22.9. The van der Waals surface area contributed by atoms with Crippen LogP contribution in [0, 0.1) is 0 Å². The third-order valence-electron chi connectivity index (χ3n) is 4.32. The Labute approximate surface area is 155 Å². The molecule has 130 valence electrons. The Balaban J connectivity index is 0.00000192. The molecule has 0 saturated carbocycles. The van der Waals surface area contributed by atoms with Crippen LogP contribution in [-0.2, 0) is 11.3 Å². The van der Waals surface area contributed by atoms with Gasteiger partial charge in [0.15, 0.2) is 5.96 Å². The van der Waals surface area contributed by atoms with Gasteiger partial charge in [-0.1, -0.05) is 0 Å². The summed E-state index contributed by atoms with van der Waals surface area (Å²) in [6, 6.07) is 4.49. The summed E-state index contributed by atoms with van der Waals surface area (Å²) in [5.41, 5.74) is 0. The number of likely N-dealkylation sites (tertiary alicyclic amines) is 1. The summed E-state index contributed by atoms with van der Waals surface area (Å²) in [7, 11) is 0. The fraction of sp³-hybridized carbons (Fsp3) is 0.688. The van der Waals surface area contributed by atoms with Crippen LogP contribution in [0.1, 0.15) is 19.1 Å². The number of hydrogen-bond donors (Lipinski definition) is 1. The molecule has 6 nitrogen and oxygen atoms in total. The predicted octanol–water partition coefficient (Wildman–Crippen LogP) is 1.77. The zero-order valence-electron chi connectivity index (χ0n) is 13.7. The topological polar surface area (TPSA) is 53.2 Å². The molecule has 2 saturated heterocycles. The molecule has 0 aliphatic carbocycles. The van der Waals surface area contributed by atoms with Gasteiger partial charge in [-0.3, -0.25) is 4.90 Å². The molecule has 1 N–H and O–H groups in total. The van der Waals surface area contributed by atoms with Crippen LogP contribution in [0.25, 0.3) is 0 Å².